The number of nitrogens with one attached hydrogen (secondary N) is 2. The largest absolute Gasteiger partial charge is 0.391 e. The highest BCUT2D eigenvalue weighted by molar-refractivity contribution is 5.93. The van der Waals surface area contributed by atoms with Crippen LogP contribution in [-0.4, -0.2) is 54.0 Å². The van der Waals surface area contributed by atoms with Crippen molar-refractivity contribution >= 4 is 17.6 Å². The summed E-state index contributed by atoms with van der Waals surface area (Å²) in [5, 5.41) is 15.4. The van der Waals surface area contributed by atoms with E-state index in [0.717, 1.165) is 25.7 Å². The number of rotatable bonds is 12. The first-order valence-corrected chi connectivity index (χ1v) is 10.6. The zero-order chi connectivity index (χ0) is 21.1. The van der Waals surface area contributed by atoms with Gasteiger partial charge in [0.05, 0.1) is 12.1 Å². The molecule has 0 aromatic heterocycles. The summed E-state index contributed by atoms with van der Waals surface area (Å²) in [4.78, 5) is 37.6. The molecule has 8 nitrogen and oxygen atoms in total. The fraction of sp³-hybridized carbons (Fsp3) is 0.850. The van der Waals surface area contributed by atoms with Crippen molar-refractivity contribution in [3.05, 3.63) is 0 Å². The number of ketones is 1. The average molecular weight is 399 g/mol. The first-order valence-electron chi connectivity index (χ1n) is 10.6. The van der Waals surface area contributed by atoms with Crippen LogP contribution in [0.15, 0.2) is 0 Å². The predicted octanol–water partition coefficient (Wildman–Crippen LogP) is 0.210. The monoisotopic (exact) mass is 398 g/mol. The number of carbonyl (C=O) groups is 3. The van der Waals surface area contributed by atoms with Crippen molar-refractivity contribution in [3.8, 4) is 0 Å². The van der Waals surface area contributed by atoms with E-state index in [9.17, 15) is 19.5 Å². The van der Waals surface area contributed by atoms with Gasteiger partial charge in [0.25, 0.3) is 0 Å². The van der Waals surface area contributed by atoms with E-state index in [0.29, 0.717) is 19.4 Å². The van der Waals surface area contributed by atoms with Gasteiger partial charge in [0, 0.05) is 12.3 Å². The lowest BCUT2D eigenvalue weighted by Gasteiger charge is -2.31. The zero-order valence-corrected chi connectivity index (χ0v) is 17.3. The Hall–Kier alpha value is -1.51. The van der Waals surface area contributed by atoms with E-state index in [1.54, 1.807) is 6.92 Å². The fourth-order valence-corrected chi connectivity index (χ4v) is 3.95. The number of nitrogens with two attached hydrogens (primary N) is 2. The maximum atomic E-state index is 12.9. The first kappa shape index (κ1) is 24.5. The normalized spacial score (nSPS) is 19.3. The van der Waals surface area contributed by atoms with Gasteiger partial charge in [-0.2, -0.15) is 0 Å². The minimum absolute atomic E-state index is 0.127. The molecule has 7 N–H and O–H groups in total. The van der Waals surface area contributed by atoms with E-state index in [1.807, 2.05) is 0 Å². The summed E-state index contributed by atoms with van der Waals surface area (Å²) in [7, 11) is 0. The Kier molecular flexibility index (Phi) is 11.3. The van der Waals surface area contributed by atoms with Crippen molar-refractivity contribution < 1.29 is 19.5 Å². The van der Waals surface area contributed by atoms with Gasteiger partial charge in [-0.3, -0.25) is 14.4 Å². The van der Waals surface area contributed by atoms with Gasteiger partial charge in [0.1, 0.15) is 6.04 Å². The number of hydrogen-bond donors (Lipinski definition) is 5. The van der Waals surface area contributed by atoms with Crippen LogP contribution in [0.1, 0.15) is 65.2 Å². The van der Waals surface area contributed by atoms with Crippen LogP contribution < -0.4 is 22.1 Å². The summed E-state index contributed by atoms with van der Waals surface area (Å²) in [5.74, 6) is -0.967. The Morgan fingerprint density at radius 2 is 1.61 bits per heavy atom. The van der Waals surface area contributed by atoms with E-state index in [4.69, 9.17) is 11.5 Å². The van der Waals surface area contributed by atoms with Gasteiger partial charge in [-0.05, 0) is 51.6 Å². The predicted molar refractivity (Wildman–Crippen MR) is 108 cm³/mol. The second kappa shape index (κ2) is 12.9. The Morgan fingerprint density at radius 1 is 1.00 bits per heavy atom. The molecule has 28 heavy (non-hydrogen) atoms. The molecule has 0 aromatic carbocycles. The molecule has 1 aliphatic rings. The van der Waals surface area contributed by atoms with E-state index in [2.05, 4.69) is 10.6 Å². The van der Waals surface area contributed by atoms with Crippen LogP contribution in [-0.2, 0) is 14.4 Å². The Labute approximate surface area is 168 Å². The van der Waals surface area contributed by atoms with E-state index < -0.39 is 24.1 Å². The third-order valence-electron chi connectivity index (χ3n) is 5.60. The van der Waals surface area contributed by atoms with E-state index >= 15 is 0 Å². The summed E-state index contributed by atoms with van der Waals surface area (Å²) in [6, 6.07) is -1.83. The standard InChI is InChI=1S/C20H38N4O4/c1-3-17(26)16(10-12-22)23-20(28)18(13(2)25)24-19(27)15(9-11-21)14-7-5-4-6-8-14/h13-16,18,25H,3-12,21-22H2,1-2H3,(H,23,28)(H,24,27)/t13-,15?,16-,18-/m0/s1. The SMILES string of the molecule is CCC(=O)[C@H](CCN)NC(=O)[C@@H](NC(=O)C(CCN)C1CCCCC1)[C@H](C)O. The first-order chi connectivity index (χ1) is 13.3. The molecule has 1 saturated carbocycles. The molecular weight excluding hydrogens is 360 g/mol. The lowest BCUT2D eigenvalue weighted by molar-refractivity contribution is -0.136. The Balaban J connectivity index is 2.83. The molecular formula is C20H38N4O4. The molecule has 1 unspecified atom stereocenters. The van der Waals surface area contributed by atoms with E-state index in [1.165, 1.54) is 13.3 Å². The molecule has 0 saturated heterocycles. The minimum atomic E-state index is -1.12. The van der Waals surface area contributed by atoms with Crippen LogP contribution in [0.3, 0.4) is 0 Å². The number of aliphatic hydroxyl groups is 1. The Morgan fingerprint density at radius 3 is 2.11 bits per heavy atom. The summed E-state index contributed by atoms with van der Waals surface area (Å²) in [6.07, 6.45) is 5.38. The van der Waals surface area contributed by atoms with Gasteiger partial charge >= 0.3 is 0 Å². The van der Waals surface area contributed by atoms with Gasteiger partial charge in [-0.1, -0.05) is 26.2 Å². The molecule has 0 bridgehead atoms. The number of aliphatic hydroxyl groups excluding tert-OH is 1. The average Bonchev–Trinajstić information content (AvgIpc) is 2.69. The summed E-state index contributed by atoms with van der Waals surface area (Å²) < 4.78 is 0. The van der Waals surface area contributed by atoms with Crippen LogP contribution in [0.25, 0.3) is 0 Å². The Bertz CT molecular complexity index is 506. The minimum Gasteiger partial charge on any atom is -0.391 e. The second-order valence-electron chi connectivity index (χ2n) is 7.77. The number of carbonyl (C=O) groups excluding carboxylic acids is 3. The van der Waals surface area contributed by atoms with Gasteiger partial charge in [0.2, 0.25) is 11.8 Å². The lowest BCUT2D eigenvalue weighted by Crippen LogP contribution is -2.57. The molecule has 162 valence electrons. The quantitative estimate of drug-likeness (QED) is 0.317. The molecule has 1 rings (SSSR count). The molecule has 1 aliphatic carbocycles. The van der Waals surface area contributed by atoms with Crippen molar-refractivity contribution in [2.24, 2.45) is 23.3 Å². The van der Waals surface area contributed by atoms with Gasteiger partial charge in [-0.25, -0.2) is 0 Å². The van der Waals surface area contributed by atoms with Crippen molar-refractivity contribution in [2.45, 2.75) is 83.4 Å². The number of Topliss-reactive ketones (excluding diaryl/α,β-unsaturated/α-hetero) is 1. The summed E-state index contributed by atoms with van der Waals surface area (Å²) in [5.41, 5.74) is 11.2. The smallest absolute Gasteiger partial charge is 0.245 e. The highest BCUT2D eigenvalue weighted by Crippen LogP contribution is 2.31. The lowest BCUT2D eigenvalue weighted by atomic mass is 9.78. The molecule has 8 heteroatoms. The molecule has 0 aromatic rings. The maximum Gasteiger partial charge on any atom is 0.245 e. The van der Waals surface area contributed by atoms with Gasteiger partial charge < -0.3 is 27.2 Å². The summed E-state index contributed by atoms with van der Waals surface area (Å²) in [6.45, 7) is 3.81. The highest BCUT2D eigenvalue weighted by atomic mass is 16.3. The molecule has 0 spiro atoms. The molecule has 0 radical (unpaired) electrons. The molecule has 0 aliphatic heterocycles. The molecule has 0 heterocycles. The topological polar surface area (TPSA) is 148 Å². The van der Waals surface area contributed by atoms with Crippen LogP contribution in [0.2, 0.25) is 0 Å². The molecule has 4 atom stereocenters. The van der Waals surface area contributed by atoms with E-state index in [-0.39, 0.29) is 36.5 Å². The third kappa shape index (κ3) is 7.48. The zero-order valence-electron chi connectivity index (χ0n) is 17.3. The van der Waals surface area contributed by atoms with Crippen LogP contribution in [0.5, 0.6) is 0 Å². The van der Waals surface area contributed by atoms with Crippen LogP contribution >= 0.6 is 0 Å². The van der Waals surface area contributed by atoms with Crippen LogP contribution in [0, 0.1) is 11.8 Å². The van der Waals surface area contributed by atoms with Crippen molar-refractivity contribution in [3.63, 3.8) is 0 Å². The number of amides is 2. The van der Waals surface area contributed by atoms with Gasteiger partial charge in [0.15, 0.2) is 5.78 Å². The maximum absolute atomic E-state index is 12.9. The fourth-order valence-electron chi connectivity index (χ4n) is 3.95. The highest BCUT2D eigenvalue weighted by Gasteiger charge is 2.34. The summed E-state index contributed by atoms with van der Waals surface area (Å²) >= 11 is 0. The number of hydrogen-bond acceptors (Lipinski definition) is 6. The third-order valence-corrected chi connectivity index (χ3v) is 5.60. The molecule has 2 amide bonds. The van der Waals surface area contributed by atoms with Crippen LogP contribution in [0.4, 0.5) is 0 Å². The molecule has 1 fully saturated rings. The van der Waals surface area contributed by atoms with Crippen molar-refractivity contribution in [1.82, 2.24) is 10.6 Å². The van der Waals surface area contributed by atoms with Gasteiger partial charge in [-0.15, -0.1) is 0 Å². The van der Waals surface area contributed by atoms with Crippen molar-refractivity contribution in [1.29, 1.82) is 0 Å². The second-order valence-corrected chi connectivity index (χ2v) is 7.77. The van der Waals surface area contributed by atoms with Crippen molar-refractivity contribution in [2.75, 3.05) is 13.1 Å².